The van der Waals surface area contributed by atoms with Gasteiger partial charge in [0.1, 0.15) is 17.6 Å². The molecule has 5 rings (SSSR count). The molecule has 7 nitrogen and oxygen atoms in total. The van der Waals surface area contributed by atoms with Crippen LogP contribution in [0.3, 0.4) is 0 Å². The van der Waals surface area contributed by atoms with E-state index in [4.69, 9.17) is 4.52 Å². The van der Waals surface area contributed by atoms with E-state index in [2.05, 4.69) is 39.0 Å². The summed E-state index contributed by atoms with van der Waals surface area (Å²) in [5.74, 6) is 7.72. The molecule has 1 saturated heterocycles. The number of hydrogen-bond donors (Lipinski definition) is 2. The fraction of sp³-hybridized carbons (Fsp3) is 0.286. The molecule has 35 heavy (non-hydrogen) atoms. The molecular weight excluding hydrogens is 440 g/mol. The zero-order valence-corrected chi connectivity index (χ0v) is 19.6. The van der Waals surface area contributed by atoms with Gasteiger partial charge < -0.3 is 24.2 Å². The van der Waals surface area contributed by atoms with E-state index in [-0.39, 0.29) is 6.10 Å². The van der Waals surface area contributed by atoms with Gasteiger partial charge in [0, 0.05) is 53.9 Å². The molecule has 0 saturated carbocycles. The Morgan fingerprint density at radius 3 is 2.34 bits per heavy atom. The van der Waals surface area contributed by atoms with Gasteiger partial charge in [0.25, 0.3) is 0 Å². The topological polar surface area (TPSA) is 87.6 Å². The number of aliphatic hydroxyl groups excluding tert-OH is 2. The van der Waals surface area contributed by atoms with Crippen molar-refractivity contribution in [3.63, 3.8) is 0 Å². The van der Waals surface area contributed by atoms with Crippen molar-refractivity contribution in [1.82, 2.24) is 14.7 Å². The van der Waals surface area contributed by atoms with Crippen molar-refractivity contribution >= 4 is 5.69 Å². The van der Waals surface area contributed by atoms with Gasteiger partial charge in [-0.05, 0) is 68.3 Å². The van der Waals surface area contributed by atoms with E-state index in [0.29, 0.717) is 18.1 Å². The van der Waals surface area contributed by atoms with Gasteiger partial charge in [-0.1, -0.05) is 17.0 Å². The lowest BCUT2D eigenvalue weighted by molar-refractivity contribution is 0.145. The maximum absolute atomic E-state index is 9.82. The molecule has 1 atom stereocenters. The van der Waals surface area contributed by atoms with E-state index >= 15 is 0 Å². The molecule has 3 heterocycles. The zero-order valence-electron chi connectivity index (χ0n) is 19.6. The molecule has 2 aromatic carbocycles. The molecule has 2 N–H and O–H groups in total. The van der Waals surface area contributed by atoms with Gasteiger partial charge in [-0.2, -0.15) is 0 Å². The zero-order chi connectivity index (χ0) is 24.2. The van der Waals surface area contributed by atoms with Crippen LogP contribution in [0.4, 0.5) is 5.69 Å². The second kappa shape index (κ2) is 10.2. The smallest absolute Gasteiger partial charge is 0.167 e. The molecule has 1 fully saturated rings. The summed E-state index contributed by atoms with van der Waals surface area (Å²) in [6, 6.07) is 18.1. The quantitative estimate of drug-likeness (QED) is 0.431. The molecule has 7 heteroatoms. The van der Waals surface area contributed by atoms with Crippen LogP contribution in [0.15, 0.2) is 71.5 Å². The predicted octanol–water partition coefficient (Wildman–Crippen LogP) is 4.00. The molecule has 0 aliphatic carbocycles. The van der Waals surface area contributed by atoms with Crippen molar-refractivity contribution < 1.29 is 14.7 Å². The van der Waals surface area contributed by atoms with Gasteiger partial charge in [-0.25, -0.2) is 4.98 Å². The van der Waals surface area contributed by atoms with E-state index < -0.39 is 6.10 Å². The highest BCUT2D eigenvalue weighted by Crippen LogP contribution is 2.23. The summed E-state index contributed by atoms with van der Waals surface area (Å²) in [6.07, 6.45) is 4.31. The van der Waals surface area contributed by atoms with Crippen LogP contribution in [0.2, 0.25) is 0 Å². The summed E-state index contributed by atoms with van der Waals surface area (Å²) < 4.78 is 7.39. The third-order valence-electron chi connectivity index (χ3n) is 6.23. The third-order valence-corrected chi connectivity index (χ3v) is 6.23. The summed E-state index contributed by atoms with van der Waals surface area (Å²) in [4.78, 5) is 6.49. The lowest BCUT2D eigenvalue weighted by Crippen LogP contribution is -2.35. The predicted molar refractivity (Wildman–Crippen MR) is 134 cm³/mol. The molecule has 178 valence electrons. The summed E-state index contributed by atoms with van der Waals surface area (Å²) in [6.45, 7) is 3.94. The maximum Gasteiger partial charge on any atom is 0.167 e. The van der Waals surface area contributed by atoms with Gasteiger partial charge in [0.2, 0.25) is 0 Å². The highest BCUT2D eigenvalue weighted by molar-refractivity contribution is 5.59. The molecule has 4 aromatic rings. The SMILES string of the molecule is C[C@H](O)c1nccn1Cc1cc(-c2ccc(C#Cc3ccc(N4CCC(O)CC4)cc3)cc2)on1. The fourth-order valence-corrected chi connectivity index (χ4v) is 4.26. The minimum Gasteiger partial charge on any atom is -0.393 e. The average molecular weight is 469 g/mol. The Bertz CT molecular complexity index is 1320. The van der Waals surface area contributed by atoms with E-state index in [0.717, 1.165) is 48.3 Å². The fourth-order valence-electron chi connectivity index (χ4n) is 4.26. The second-order valence-electron chi connectivity index (χ2n) is 8.86. The van der Waals surface area contributed by atoms with Crippen LogP contribution in [-0.4, -0.2) is 44.1 Å². The summed E-state index contributed by atoms with van der Waals surface area (Å²) >= 11 is 0. The molecule has 0 amide bonds. The van der Waals surface area contributed by atoms with Gasteiger partial charge >= 0.3 is 0 Å². The van der Waals surface area contributed by atoms with Crippen LogP contribution in [0.1, 0.15) is 48.5 Å². The number of hydrogen-bond acceptors (Lipinski definition) is 6. The molecule has 0 spiro atoms. The number of anilines is 1. The minimum atomic E-state index is -0.646. The Balaban J connectivity index is 1.22. The molecule has 1 aliphatic rings. The van der Waals surface area contributed by atoms with Crippen LogP contribution < -0.4 is 4.90 Å². The van der Waals surface area contributed by atoms with Crippen LogP contribution in [-0.2, 0) is 6.54 Å². The molecule has 0 radical (unpaired) electrons. The first-order valence-electron chi connectivity index (χ1n) is 11.9. The number of benzene rings is 2. The minimum absolute atomic E-state index is 0.166. The number of imidazole rings is 1. The Kier molecular flexibility index (Phi) is 6.66. The highest BCUT2D eigenvalue weighted by Gasteiger charge is 2.17. The first-order chi connectivity index (χ1) is 17.0. The van der Waals surface area contributed by atoms with E-state index in [1.165, 1.54) is 5.69 Å². The monoisotopic (exact) mass is 468 g/mol. The van der Waals surface area contributed by atoms with Gasteiger partial charge in [0.15, 0.2) is 5.76 Å². The summed E-state index contributed by atoms with van der Waals surface area (Å²) in [7, 11) is 0. The van der Waals surface area contributed by atoms with Crippen molar-refractivity contribution in [2.45, 2.75) is 38.5 Å². The van der Waals surface area contributed by atoms with Crippen molar-refractivity contribution in [2.75, 3.05) is 18.0 Å². The number of rotatable bonds is 5. The van der Waals surface area contributed by atoms with Gasteiger partial charge in [-0.3, -0.25) is 0 Å². The Morgan fingerprint density at radius 2 is 1.69 bits per heavy atom. The molecule has 0 bridgehead atoms. The molecule has 1 aliphatic heterocycles. The third kappa shape index (κ3) is 5.46. The Hall–Kier alpha value is -3.86. The lowest BCUT2D eigenvalue weighted by atomic mass is 10.1. The van der Waals surface area contributed by atoms with Crippen molar-refractivity contribution in [3.05, 3.63) is 89.6 Å². The Labute approximate surface area is 204 Å². The van der Waals surface area contributed by atoms with Crippen LogP contribution in [0, 0.1) is 11.8 Å². The molecule has 2 aromatic heterocycles. The van der Waals surface area contributed by atoms with Crippen LogP contribution in [0.25, 0.3) is 11.3 Å². The first-order valence-corrected chi connectivity index (χ1v) is 11.9. The largest absolute Gasteiger partial charge is 0.393 e. The van der Waals surface area contributed by atoms with Gasteiger partial charge in [-0.15, -0.1) is 0 Å². The number of nitrogens with zero attached hydrogens (tertiary/aromatic N) is 4. The Morgan fingerprint density at radius 1 is 1.03 bits per heavy atom. The van der Waals surface area contributed by atoms with Crippen molar-refractivity contribution in [3.8, 4) is 23.2 Å². The number of piperidine rings is 1. The highest BCUT2D eigenvalue weighted by atomic mass is 16.5. The molecule has 0 unspecified atom stereocenters. The van der Waals surface area contributed by atoms with E-state index in [1.807, 2.05) is 53.2 Å². The first kappa shape index (κ1) is 22.9. The van der Waals surface area contributed by atoms with Crippen LogP contribution in [0.5, 0.6) is 0 Å². The van der Waals surface area contributed by atoms with Crippen LogP contribution >= 0.6 is 0 Å². The van der Waals surface area contributed by atoms with Gasteiger partial charge in [0.05, 0.1) is 12.6 Å². The maximum atomic E-state index is 9.82. The molecular formula is C28H28N4O3. The normalized spacial score (nSPS) is 15.0. The number of aliphatic hydroxyl groups is 2. The van der Waals surface area contributed by atoms with E-state index in [9.17, 15) is 10.2 Å². The van der Waals surface area contributed by atoms with E-state index in [1.54, 1.807) is 13.1 Å². The lowest BCUT2D eigenvalue weighted by Gasteiger charge is -2.31. The van der Waals surface area contributed by atoms with Crippen molar-refractivity contribution in [1.29, 1.82) is 0 Å². The van der Waals surface area contributed by atoms with Crippen molar-refractivity contribution in [2.24, 2.45) is 0 Å². The summed E-state index contributed by atoms with van der Waals surface area (Å²) in [5, 5.41) is 23.7. The standard InChI is InChI=1S/C28H28N4O3/c1-20(33)28-29-14-17-32(28)19-24-18-27(35-30-24)23-8-4-21(5-9-23)2-3-22-6-10-25(11-7-22)31-15-12-26(34)13-16-31/h4-11,14,17-18,20,26,33-34H,12-13,15-16,19H2,1H3/t20-/m0/s1. The second-order valence-corrected chi connectivity index (χ2v) is 8.86. The number of aromatic nitrogens is 3. The summed E-state index contributed by atoms with van der Waals surface area (Å²) in [5.41, 5.74) is 4.74. The average Bonchev–Trinajstić information content (AvgIpc) is 3.54.